The van der Waals surface area contributed by atoms with E-state index in [1.54, 1.807) is 13.8 Å². The normalized spacial score (nSPS) is 13.3. The zero-order valence-electron chi connectivity index (χ0n) is 11.0. The summed E-state index contributed by atoms with van der Waals surface area (Å²) in [6.45, 7) is 2.84. The molecule has 106 valence electrons. The van der Waals surface area contributed by atoms with E-state index < -0.39 is 23.3 Å². The molecule has 0 radical (unpaired) electrons. The fourth-order valence-electron chi connectivity index (χ4n) is 1.66. The van der Waals surface area contributed by atoms with Crippen molar-refractivity contribution in [3.05, 3.63) is 23.5 Å². The molecule has 1 atom stereocenters. The summed E-state index contributed by atoms with van der Waals surface area (Å²) in [6.07, 6.45) is 0.288. The Morgan fingerprint density at radius 2 is 2.05 bits per heavy atom. The molecule has 0 fully saturated rings. The molecule has 0 saturated carbocycles. The van der Waals surface area contributed by atoms with Gasteiger partial charge in [-0.25, -0.2) is 0 Å². The molecule has 6 heteroatoms. The van der Waals surface area contributed by atoms with E-state index in [-0.39, 0.29) is 25.0 Å². The smallest absolute Gasteiger partial charge is 0.303 e. The summed E-state index contributed by atoms with van der Waals surface area (Å²) >= 11 is 0. The fourth-order valence-corrected chi connectivity index (χ4v) is 1.66. The van der Waals surface area contributed by atoms with Gasteiger partial charge in [-0.15, -0.1) is 0 Å². The van der Waals surface area contributed by atoms with Crippen molar-refractivity contribution in [2.45, 2.75) is 32.8 Å². The van der Waals surface area contributed by atoms with Crippen molar-refractivity contribution in [3.8, 4) is 0 Å². The largest absolute Gasteiger partial charge is 0.481 e. The molecule has 0 aromatic carbocycles. The highest BCUT2D eigenvalue weighted by molar-refractivity contribution is 6.00. The first-order chi connectivity index (χ1) is 8.79. The molecule has 0 spiro atoms. The van der Waals surface area contributed by atoms with Crippen LogP contribution < -0.4 is 0 Å². The molecular weight excluding hydrogens is 250 g/mol. The van der Waals surface area contributed by atoms with Crippen LogP contribution in [0.1, 0.15) is 36.3 Å². The van der Waals surface area contributed by atoms with Gasteiger partial charge in [-0.1, -0.05) is 13.8 Å². The summed E-state index contributed by atoms with van der Waals surface area (Å²) in [7, 11) is 0. The lowest BCUT2D eigenvalue weighted by Crippen LogP contribution is -2.39. The lowest BCUT2D eigenvalue weighted by molar-refractivity contribution is -0.136. The number of aromatic amines is 1. The van der Waals surface area contributed by atoms with Crippen molar-refractivity contribution in [2.24, 2.45) is 5.41 Å². The van der Waals surface area contributed by atoms with Crippen molar-refractivity contribution >= 4 is 11.8 Å². The van der Waals surface area contributed by atoms with E-state index in [9.17, 15) is 14.7 Å². The van der Waals surface area contributed by atoms with Crippen LogP contribution in [0.3, 0.4) is 0 Å². The maximum atomic E-state index is 12.1. The Balaban J connectivity index is 2.89. The number of aliphatic carboxylic acids is 1. The molecule has 1 aromatic heterocycles. The van der Waals surface area contributed by atoms with Crippen LogP contribution in [0.25, 0.3) is 0 Å². The lowest BCUT2D eigenvalue weighted by atomic mass is 9.83. The zero-order chi connectivity index (χ0) is 14.6. The highest BCUT2D eigenvalue weighted by Gasteiger charge is 2.34. The number of carboxylic acid groups (broad SMARTS) is 1. The van der Waals surface area contributed by atoms with Gasteiger partial charge in [0, 0.05) is 22.9 Å². The quantitative estimate of drug-likeness (QED) is 0.541. The maximum absolute atomic E-state index is 12.1. The second kappa shape index (κ2) is 5.99. The van der Waals surface area contributed by atoms with Crippen LogP contribution in [0, 0.1) is 5.41 Å². The second-order valence-electron chi connectivity index (χ2n) is 5.18. The molecule has 19 heavy (non-hydrogen) atoms. The van der Waals surface area contributed by atoms with Crippen LogP contribution >= 0.6 is 0 Å². The molecule has 1 unspecified atom stereocenters. The highest BCUT2D eigenvalue weighted by atomic mass is 16.4. The van der Waals surface area contributed by atoms with Crippen molar-refractivity contribution in [2.75, 3.05) is 6.61 Å². The summed E-state index contributed by atoms with van der Waals surface area (Å²) in [5.41, 5.74) is -0.186. The van der Waals surface area contributed by atoms with Crippen molar-refractivity contribution in [3.63, 3.8) is 0 Å². The minimum atomic E-state index is -1.34. The number of Topliss-reactive ketones (excluding diaryl/α,β-unsaturated/α-hetero) is 1. The number of aliphatic hydroxyl groups is 2. The average Bonchev–Trinajstić information content (AvgIpc) is 2.82. The Bertz CT molecular complexity index is 463. The first kappa shape index (κ1) is 15.4. The van der Waals surface area contributed by atoms with Gasteiger partial charge in [-0.3, -0.25) is 9.59 Å². The summed E-state index contributed by atoms with van der Waals surface area (Å²) in [4.78, 5) is 25.5. The van der Waals surface area contributed by atoms with Gasteiger partial charge >= 0.3 is 5.97 Å². The minimum absolute atomic E-state index is 0.0969. The molecule has 0 aliphatic rings. The number of nitrogens with one attached hydrogen (secondary N) is 1. The SMILES string of the molecule is CC(C)(CO)C(O)C(=O)c1cc[nH]c1CCC(=O)O. The van der Waals surface area contributed by atoms with Crippen molar-refractivity contribution < 1.29 is 24.9 Å². The van der Waals surface area contributed by atoms with E-state index in [1.165, 1.54) is 12.3 Å². The Kier molecular flexibility index (Phi) is 4.85. The van der Waals surface area contributed by atoms with E-state index in [0.29, 0.717) is 5.69 Å². The van der Waals surface area contributed by atoms with Gasteiger partial charge in [0.2, 0.25) is 0 Å². The first-order valence-corrected chi connectivity index (χ1v) is 6.00. The number of hydrogen-bond acceptors (Lipinski definition) is 4. The van der Waals surface area contributed by atoms with E-state index in [4.69, 9.17) is 10.2 Å². The number of H-pyrrole nitrogens is 1. The number of aryl methyl sites for hydroxylation is 1. The van der Waals surface area contributed by atoms with Gasteiger partial charge in [-0.2, -0.15) is 0 Å². The third-order valence-corrected chi connectivity index (χ3v) is 3.08. The van der Waals surface area contributed by atoms with Gasteiger partial charge in [0.25, 0.3) is 0 Å². The lowest BCUT2D eigenvalue weighted by Gasteiger charge is -2.27. The molecule has 6 nitrogen and oxygen atoms in total. The van der Waals surface area contributed by atoms with Gasteiger partial charge < -0.3 is 20.3 Å². The van der Waals surface area contributed by atoms with Gasteiger partial charge in [0.1, 0.15) is 6.10 Å². The van der Waals surface area contributed by atoms with Crippen LogP contribution in [0.15, 0.2) is 12.3 Å². The molecule has 0 amide bonds. The van der Waals surface area contributed by atoms with E-state index in [1.807, 2.05) is 0 Å². The summed E-state index contributed by atoms with van der Waals surface area (Å²) < 4.78 is 0. The molecule has 1 aromatic rings. The Hall–Kier alpha value is -1.66. The number of carboxylic acids is 1. The van der Waals surface area contributed by atoms with Crippen LogP contribution in [0.4, 0.5) is 0 Å². The number of carbonyl (C=O) groups excluding carboxylic acids is 1. The third-order valence-electron chi connectivity index (χ3n) is 3.08. The van der Waals surface area contributed by atoms with Gasteiger partial charge in [0.05, 0.1) is 13.0 Å². The van der Waals surface area contributed by atoms with Gasteiger partial charge in [0.15, 0.2) is 5.78 Å². The third kappa shape index (κ3) is 3.65. The van der Waals surface area contributed by atoms with Crippen LogP contribution in [0.2, 0.25) is 0 Å². The van der Waals surface area contributed by atoms with Crippen LogP contribution in [-0.4, -0.2) is 44.8 Å². The molecule has 0 saturated heterocycles. The number of aromatic nitrogens is 1. The first-order valence-electron chi connectivity index (χ1n) is 6.00. The van der Waals surface area contributed by atoms with Crippen molar-refractivity contribution in [1.29, 1.82) is 0 Å². The minimum Gasteiger partial charge on any atom is -0.481 e. The maximum Gasteiger partial charge on any atom is 0.303 e. The molecular formula is C13H19NO5. The predicted molar refractivity (Wildman–Crippen MR) is 68.0 cm³/mol. The number of ketones is 1. The Morgan fingerprint density at radius 1 is 1.42 bits per heavy atom. The van der Waals surface area contributed by atoms with Crippen LogP contribution in [0.5, 0.6) is 0 Å². The van der Waals surface area contributed by atoms with Gasteiger partial charge in [-0.05, 0) is 12.5 Å². The number of carbonyl (C=O) groups is 2. The molecule has 1 heterocycles. The van der Waals surface area contributed by atoms with E-state index in [0.717, 1.165) is 0 Å². The fraction of sp³-hybridized carbons (Fsp3) is 0.538. The highest BCUT2D eigenvalue weighted by Crippen LogP contribution is 2.24. The number of hydrogen-bond donors (Lipinski definition) is 4. The average molecular weight is 269 g/mol. The molecule has 0 aliphatic carbocycles. The van der Waals surface area contributed by atoms with E-state index in [2.05, 4.69) is 4.98 Å². The zero-order valence-corrected chi connectivity index (χ0v) is 11.0. The second-order valence-corrected chi connectivity index (χ2v) is 5.18. The molecule has 0 aliphatic heterocycles. The summed E-state index contributed by atoms with van der Waals surface area (Å²) in [5.74, 6) is -1.47. The predicted octanol–water partition coefficient (Wildman–Crippen LogP) is 0.594. The number of aliphatic hydroxyl groups excluding tert-OH is 2. The van der Waals surface area contributed by atoms with E-state index >= 15 is 0 Å². The monoisotopic (exact) mass is 269 g/mol. The van der Waals surface area contributed by atoms with Crippen LogP contribution in [-0.2, 0) is 11.2 Å². The molecule has 1 rings (SSSR count). The standard InChI is InChI=1S/C13H19NO5/c1-13(2,7-15)12(19)11(18)8-5-6-14-9(8)3-4-10(16)17/h5-6,12,14-15,19H,3-4,7H2,1-2H3,(H,16,17). The van der Waals surface area contributed by atoms with Crippen molar-refractivity contribution in [1.82, 2.24) is 4.98 Å². The summed E-state index contributed by atoms with van der Waals surface area (Å²) in [5, 5.41) is 27.8. The topological polar surface area (TPSA) is 111 Å². The molecule has 4 N–H and O–H groups in total. The molecule has 0 bridgehead atoms. The Morgan fingerprint density at radius 3 is 2.58 bits per heavy atom. The Labute approximate surface area is 111 Å². The number of rotatable bonds is 7. The summed E-state index contributed by atoms with van der Waals surface area (Å²) in [6, 6.07) is 1.51.